The Bertz CT molecular complexity index is 559. The molecule has 126 valence electrons. The third kappa shape index (κ3) is 2.76. The van der Waals surface area contributed by atoms with Gasteiger partial charge in [0.1, 0.15) is 12.7 Å². The van der Waals surface area contributed by atoms with E-state index in [1.807, 2.05) is 4.57 Å². The molecule has 3 aliphatic rings. The van der Waals surface area contributed by atoms with Crippen LogP contribution in [0.15, 0.2) is 12.7 Å². The second-order valence-corrected chi connectivity index (χ2v) is 7.58. The number of nitrogens with zero attached hydrogens (tertiary/aromatic N) is 5. The number of hydrogen-bond acceptors (Lipinski definition) is 5. The van der Waals surface area contributed by atoms with Gasteiger partial charge in [-0.15, -0.1) is 10.2 Å². The van der Waals surface area contributed by atoms with Gasteiger partial charge in [0.2, 0.25) is 0 Å². The fourth-order valence-corrected chi connectivity index (χ4v) is 4.52. The maximum absolute atomic E-state index is 12.0. The Morgan fingerprint density at radius 3 is 2.43 bits per heavy atom. The lowest BCUT2D eigenvalue weighted by Gasteiger charge is -2.31. The largest absolute Gasteiger partial charge is 0.481 e. The normalized spacial score (nSPS) is 32.1. The van der Waals surface area contributed by atoms with Crippen molar-refractivity contribution < 1.29 is 9.90 Å². The van der Waals surface area contributed by atoms with Crippen LogP contribution >= 0.6 is 0 Å². The zero-order valence-electron chi connectivity index (χ0n) is 13.5. The molecule has 3 heterocycles. The van der Waals surface area contributed by atoms with E-state index in [2.05, 4.69) is 20.0 Å². The molecule has 2 atom stereocenters. The first-order chi connectivity index (χ1) is 11.2. The number of fused-ring (bicyclic) bond motifs is 1. The second kappa shape index (κ2) is 5.87. The SMILES string of the molecule is O=C(O)[C@@]12CN(CCn3cnnc3)C[C@@H]1CN(CC1CCC1)C2. The van der Waals surface area contributed by atoms with E-state index in [0.717, 1.165) is 45.2 Å². The van der Waals surface area contributed by atoms with Crippen LogP contribution in [0.5, 0.6) is 0 Å². The second-order valence-electron chi connectivity index (χ2n) is 7.58. The highest BCUT2D eigenvalue weighted by atomic mass is 16.4. The summed E-state index contributed by atoms with van der Waals surface area (Å²) in [6, 6.07) is 0. The van der Waals surface area contributed by atoms with E-state index in [1.165, 1.54) is 19.3 Å². The van der Waals surface area contributed by atoms with E-state index in [9.17, 15) is 9.90 Å². The molecule has 1 aromatic heterocycles. The van der Waals surface area contributed by atoms with Gasteiger partial charge in [-0.1, -0.05) is 6.42 Å². The van der Waals surface area contributed by atoms with Crippen LogP contribution in [0.4, 0.5) is 0 Å². The Labute approximate surface area is 136 Å². The van der Waals surface area contributed by atoms with Gasteiger partial charge in [-0.25, -0.2) is 0 Å². The number of carboxylic acid groups (broad SMARTS) is 1. The van der Waals surface area contributed by atoms with Crippen LogP contribution in [-0.2, 0) is 11.3 Å². The third-order valence-corrected chi connectivity index (χ3v) is 6.06. The summed E-state index contributed by atoms with van der Waals surface area (Å²) in [5.41, 5.74) is -0.559. The van der Waals surface area contributed by atoms with Gasteiger partial charge in [-0.2, -0.15) is 0 Å². The minimum atomic E-state index is -0.606. The van der Waals surface area contributed by atoms with Gasteiger partial charge in [0.15, 0.2) is 0 Å². The lowest BCUT2D eigenvalue weighted by molar-refractivity contribution is -0.149. The molecule has 1 saturated carbocycles. The number of carboxylic acids is 1. The Morgan fingerprint density at radius 2 is 1.83 bits per heavy atom. The first-order valence-electron chi connectivity index (χ1n) is 8.66. The van der Waals surface area contributed by atoms with Crippen LogP contribution in [-0.4, -0.2) is 74.9 Å². The van der Waals surface area contributed by atoms with Crippen molar-refractivity contribution in [2.45, 2.75) is 25.8 Å². The van der Waals surface area contributed by atoms with Gasteiger partial charge in [0.25, 0.3) is 0 Å². The summed E-state index contributed by atoms with van der Waals surface area (Å²) in [5, 5.41) is 17.5. The minimum absolute atomic E-state index is 0.265. The van der Waals surface area contributed by atoms with E-state index in [1.54, 1.807) is 12.7 Å². The highest BCUT2D eigenvalue weighted by molar-refractivity contribution is 5.77. The van der Waals surface area contributed by atoms with E-state index in [4.69, 9.17) is 0 Å². The van der Waals surface area contributed by atoms with Crippen molar-refractivity contribution in [3.8, 4) is 0 Å². The molecule has 7 nitrogen and oxygen atoms in total. The molecule has 7 heteroatoms. The predicted octanol–water partition coefficient (Wildman–Crippen LogP) is 0.397. The molecule has 2 aliphatic heterocycles. The standard InChI is InChI=1S/C16H25N5O2/c22-15(23)16-9-19(4-5-20-11-17-18-12-20)7-14(16)8-21(10-16)6-13-2-1-3-13/h11-14H,1-10H2,(H,22,23)/t14-,16-/m1/s1. The molecule has 1 aromatic rings. The summed E-state index contributed by atoms with van der Waals surface area (Å²) < 4.78 is 1.95. The van der Waals surface area contributed by atoms with Crippen LogP contribution < -0.4 is 0 Å². The maximum Gasteiger partial charge on any atom is 0.312 e. The highest BCUT2D eigenvalue weighted by Gasteiger charge is 2.57. The quantitative estimate of drug-likeness (QED) is 0.818. The average molecular weight is 319 g/mol. The number of aliphatic carboxylic acids is 1. The molecule has 1 aliphatic carbocycles. The molecular formula is C16H25N5O2. The lowest BCUT2D eigenvalue weighted by Crippen LogP contribution is -2.42. The number of aromatic nitrogens is 3. The monoisotopic (exact) mass is 319 g/mol. The molecule has 3 fully saturated rings. The molecule has 2 saturated heterocycles. The van der Waals surface area contributed by atoms with Crippen LogP contribution in [0, 0.1) is 17.3 Å². The minimum Gasteiger partial charge on any atom is -0.481 e. The fourth-order valence-electron chi connectivity index (χ4n) is 4.52. The Balaban J connectivity index is 1.37. The van der Waals surface area contributed by atoms with Crippen molar-refractivity contribution in [2.75, 3.05) is 39.3 Å². The molecule has 0 bridgehead atoms. The van der Waals surface area contributed by atoms with Crippen LogP contribution in [0.1, 0.15) is 19.3 Å². The number of hydrogen-bond donors (Lipinski definition) is 1. The van der Waals surface area contributed by atoms with Gasteiger partial charge < -0.3 is 14.6 Å². The number of rotatable bonds is 6. The van der Waals surface area contributed by atoms with Crippen molar-refractivity contribution in [2.24, 2.45) is 17.3 Å². The van der Waals surface area contributed by atoms with Crippen LogP contribution in [0.3, 0.4) is 0 Å². The number of carbonyl (C=O) groups is 1. The van der Waals surface area contributed by atoms with Crippen molar-refractivity contribution in [1.29, 1.82) is 0 Å². The highest BCUT2D eigenvalue weighted by Crippen LogP contribution is 2.43. The Morgan fingerprint density at radius 1 is 1.13 bits per heavy atom. The summed E-state index contributed by atoms with van der Waals surface area (Å²) in [5.74, 6) is 0.468. The van der Waals surface area contributed by atoms with Crippen LogP contribution in [0.2, 0.25) is 0 Å². The van der Waals surface area contributed by atoms with Gasteiger partial charge >= 0.3 is 5.97 Å². The van der Waals surface area contributed by atoms with Gasteiger partial charge in [-0.05, 0) is 18.8 Å². The molecule has 23 heavy (non-hydrogen) atoms. The zero-order chi connectivity index (χ0) is 15.9. The Hall–Kier alpha value is -1.47. The maximum atomic E-state index is 12.0. The van der Waals surface area contributed by atoms with Crippen molar-refractivity contribution in [1.82, 2.24) is 24.6 Å². The lowest BCUT2D eigenvalue weighted by atomic mass is 9.81. The summed E-state index contributed by atoms with van der Waals surface area (Å²) in [6.45, 7) is 6.05. The smallest absolute Gasteiger partial charge is 0.312 e. The van der Waals surface area contributed by atoms with E-state index < -0.39 is 11.4 Å². The first kappa shape index (κ1) is 15.1. The Kier molecular flexibility index (Phi) is 3.85. The third-order valence-electron chi connectivity index (χ3n) is 6.06. The fraction of sp³-hybridized carbons (Fsp3) is 0.812. The summed E-state index contributed by atoms with van der Waals surface area (Å²) >= 11 is 0. The van der Waals surface area contributed by atoms with Crippen molar-refractivity contribution in [3.63, 3.8) is 0 Å². The number of likely N-dealkylation sites (tertiary alicyclic amines) is 2. The summed E-state index contributed by atoms with van der Waals surface area (Å²) in [7, 11) is 0. The molecule has 1 N–H and O–H groups in total. The molecular weight excluding hydrogens is 294 g/mol. The molecule has 0 aromatic carbocycles. The van der Waals surface area contributed by atoms with E-state index in [0.29, 0.717) is 6.54 Å². The van der Waals surface area contributed by atoms with E-state index >= 15 is 0 Å². The van der Waals surface area contributed by atoms with Crippen LogP contribution in [0.25, 0.3) is 0 Å². The van der Waals surface area contributed by atoms with Crippen molar-refractivity contribution in [3.05, 3.63) is 12.7 Å². The first-order valence-corrected chi connectivity index (χ1v) is 8.66. The topological polar surface area (TPSA) is 74.5 Å². The average Bonchev–Trinajstić information content (AvgIpc) is 3.15. The molecule has 0 amide bonds. The molecule has 0 spiro atoms. The molecule has 4 rings (SSSR count). The van der Waals surface area contributed by atoms with Gasteiger partial charge in [-0.3, -0.25) is 9.69 Å². The molecule has 0 radical (unpaired) electrons. The molecule has 0 unspecified atom stereocenters. The van der Waals surface area contributed by atoms with Gasteiger partial charge in [0, 0.05) is 51.7 Å². The zero-order valence-corrected chi connectivity index (χ0v) is 13.5. The van der Waals surface area contributed by atoms with E-state index in [-0.39, 0.29) is 5.92 Å². The van der Waals surface area contributed by atoms with Gasteiger partial charge in [0.05, 0.1) is 5.41 Å². The van der Waals surface area contributed by atoms with Crippen molar-refractivity contribution >= 4 is 5.97 Å². The predicted molar refractivity (Wildman–Crippen MR) is 83.8 cm³/mol. The summed E-state index contributed by atoms with van der Waals surface area (Å²) in [6.07, 6.45) is 7.43. The summed E-state index contributed by atoms with van der Waals surface area (Å²) in [4.78, 5) is 16.7.